The zero-order valence-electron chi connectivity index (χ0n) is 12.4. The number of rotatable bonds is 4. The second-order valence-electron chi connectivity index (χ2n) is 4.38. The maximum absolute atomic E-state index is 12.0. The molecule has 0 saturated carbocycles. The van der Waals surface area contributed by atoms with E-state index >= 15 is 0 Å². The van der Waals surface area contributed by atoms with Gasteiger partial charge in [0.15, 0.2) is 0 Å². The van der Waals surface area contributed by atoms with Gasteiger partial charge in [-0.2, -0.15) is 0 Å². The van der Waals surface area contributed by atoms with Crippen molar-refractivity contribution in [3.63, 3.8) is 0 Å². The van der Waals surface area contributed by atoms with Gasteiger partial charge in [0.05, 0.1) is 19.9 Å². The monoisotopic (exact) mass is 299 g/mol. The van der Waals surface area contributed by atoms with Crippen LogP contribution < -0.4 is 20.5 Å². The third-order valence-corrected chi connectivity index (χ3v) is 2.92. The summed E-state index contributed by atoms with van der Waals surface area (Å²) in [6.45, 7) is 0. The first-order valence-corrected chi connectivity index (χ1v) is 6.56. The third kappa shape index (κ3) is 3.99. The summed E-state index contributed by atoms with van der Waals surface area (Å²) >= 11 is 0. The van der Waals surface area contributed by atoms with Crippen molar-refractivity contribution in [2.45, 2.75) is 0 Å². The molecule has 0 saturated heterocycles. The first-order valence-electron chi connectivity index (χ1n) is 6.56. The summed E-state index contributed by atoms with van der Waals surface area (Å²) in [5.74, 6) is 1.08. The first-order chi connectivity index (χ1) is 10.6. The van der Waals surface area contributed by atoms with E-state index in [2.05, 4.69) is 10.3 Å². The molecule has 0 spiro atoms. The summed E-state index contributed by atoms with van der Waals surface area (Å²) in [5, 5.41) is 2.53. The molecular weight excluding hydrogens is 282 g/mol. The number of ether oxygens (including phenoxy) is 2. The number of nitrogens with one attached hydrogen (secondary N) is 1. The number of carbonyl (C=O) groups excluding carboxylic acids is 1. The van der Waals surface area contributed by atoms with Gasteiger partial charge in [0.2, 0.25) is 5.96 Å². The summed E-state index contributed by atoms with van der Waals surface area (Å²) in [6.07, 6.45) is 0. The van der Waals surface area contributed by atoms with Crippen LogP contribution in [0.5, 0.6) is 11.5 Å². The molecule has 0 atom stereocenters. The van der Waals surface area contributed by atoms with Gasteiger partial charge >= 0.3 is 0 Å². The molecule has 0 unspecified atom stereocenters. The van der Waals surface area contributed by atoms with Crippen molar-refractivity contribution in [1.29, 1.82) is 0 Å². The minimum atomic E-state index is -0.336. The molecule has 2 rings (SSSR count). The van der Waals surface area contributed by atoms with E-state index in [4.69, 9.17) is 15.2 Å². The summed E-state index contributed by atoms with van der Waals surface area (Å²) < 4.78 is 10.1. The zero-order chi connectivity index (χ0) is 15.9. The number of nitrogens with zero attached hydrogens (tertiary/aromatic N) is 1. The van der Waals surface area contributed by atoms with Gasteiger partial charge in [0.25, 0.3) is 5.91 Å². The summed E-state index contributed by atoms with van der Waals surface area (Å²) in [6, 6.07) is 13.7. The summed E-state index contributed by atoms with van der Waals surface area (Å²) in [5.41, 5.74) is 6.82. The maximum atomic E-state index is 12.0. The van der Waals surface area contributed by atoms with Crippen LogP contribution in [0.1, 0.15) is 10.4 Å². The number of aliphatic imine (C=N–C) groups is 1. The Morgan fingerprint density at radius 3 is 1.95 bits per heavy atom. The lowest BCUT2D eigenvalue weighted by molar-refractivity contribution is 0.0976. The van der Waals surface area contributed by atoms with E-state index in [-0.39, 0.29) is 11.9 Å². The van der Waals surface area contributed by atoms with E-state index in [1.807, 2.05) is 0 Å². The zero-order valence-corrected chi connectivity index (χ0v) is 12.4. The van der Waals surface area contributed by atoms with Gasteiger partial charge in [0, 0.05) is 5.56 Å². The fraction of sp³-hybridized carbons (Fsp3) is 0.125. The topological polar surface area (TPSA) is 85.9 Å². The van der Waals surface area contributed by atoms with Crippen LogP contribution in [0.2, 0.25) is 0 Å². The van der Waals surface area contributed by atoms with Crippen LogP contribution >= 0.6 is 0 Å². The quantitative estimate of drug-likeness (QED) is 0.668. The fourth-order valence-electron chi connectivity index (χ4n) is 1.75. The molecule has 0 fully saturated rings. The van der Waals surface area contributed by atoms with E-state index in [9.17, 15) is 4.79 Å². The minimum absolute atomic E-state index is 0.0194. The molecule has 2 aromatic rings. The molecule has 0 radical (unpaired) electrons. The number of methoxy groups -OCH3 is 2. The number of hydrogen-bond donors (Lipinski definition) is 2. The summed E-state index contributed by atoms with van der Waals surface area (Å²) in [7, 11) is 3.15. The molecule has 0 aliphatic heterocycles. The second kappa shape index (κ2) is 7.12. The highest BCUT2D eigenvalue weighted by molar-refractivity contribution is 6.05. The summed E-state index contributed by atoms with van der Waals surface area (Å²) in [4.78, 5) is 16.1. The van der Waals surface area contributed by atoms with Crippen LogP contribution in [0.25, 0.3) is 0 Å². The Kier molecular flexibility index (Phi) is 4.98. The molecule has 3 N–H and O–H groups in total. The third-order valence-electron chi connectivity index (χ3n) is 2.92. The highest BCUT2D eigenvalue weighted by Gasteiger charge is 2.07. The van der Waals surface area contributed by atoms with E-state index in [0.717, 1.165) is 5.75 Å². The lowest BCUT2D eigenvalue weighted by atomic mass is 10.2. The molecule has 0 bridgehead atoms. The molecule has 1 amide bonds. The number of nitrogens with two attached hydrogens (primary N) is 1. The van der Waals surface area contributed by atoms with Crippen molar-refractivity contribution in [3.8, 4) is 11.5 Å². The Morgan fingerprint density at radius 1 is 0.955 bits per heavy atom. The molecule has 6 heteroatoms. The van der Waals surface area contributed by atoms with Gasteiger partial charge in [-0.05, 0) is 48.5 Å². The predicted octanol–water partition coefficient (Wildman–Crippen LogP) is 2.08. The Morgan fingerprint density at radius 2 is 1.45 bits per heavy atom. The van der Waals surface area contributed by atoms with Gasteiger partial charge in [-0.3, -0.25) is 10.1 Å². The fourth-order valence-corrected chi connectivity index (χ4v) is 1.75. The maximum Gasteiger partial charge on any atom is 0.257 e. The lowest BCUT2D eigenvalue weighted by Gasteiger charge is -2.06. The van der Waals surface area contributed by atoms with Crippen LogP contribution in [0, 0.1) is 0 Å². The van der Waals surface area contributed by atoms with Crippen LogP contribution in [0.3, 0.4) is 0 Å². The average Bonchev–Trinajstić information content (AvgIpc) is 2.55. The Hall–Kier alpha value is -3.02. The number of carbonyl (C=O) groups is 1. The molecule has 2 aromatic carbocycles. The first kappa shape index (κ1) is 15.4. The normalized spacial score (nSPS) is 10.9. The van der Waals surface area contributed by atoms with E-state index in [1.165, 1.54) is 0 Å². The predicted molar refractivity (Wildman–Crippen MR) is 84.7 cm³/mol. The van der Waals surface area contributed by atoms with Crippen molar-refractivity contribution in [2.75, 3.05) is 14.2 Å². The van der Waals surface area contributed by atoms with Crippen molar-refractivity contribution in [1.82, 2.24) is 5.32 Å². The number of guanidine groups is 1. The standard InChI is InChI=1S/C16H17N3O3/c1-21-13-7-3-11(4-8-13)15(20)19-16(17)18-12-5-9-14(22-2)10-6-12/h3-10H,1-2H3,(H3,17,18,19,20). The van der Waals surface area contributed by atoms with Gasteiger partial charge in [-0.15, -0.1) is 0 Å². The molecule has 114 valence electrons. The number of amides is 1. The van der Waals surface area contributed by atoms with Gasteiger partial charge in [-0.25, -0.2) is 4.99 Å². The van der Waals surface area contributed by atoms with Gasteiger partial charge < -0.3 is 15.2 Å². The van der Waals surface area contributed by atoms with E-state index in [1.54, 1.807) is 62.8 Å². The molecule has 0 aromatic heterocycles. The SMILES string of the molecule is COc1ccc(N=C(N)NC(=O)c2ccc(OC)cc2)cc1. The van der Waals surface area contributed by atoms with Gasteiger partial charge in [0.1, 0.15) is 11.5 Å². The molecule has 0 heterocycles. The molecule has 0 aliphatic rings. The van der Waals surface area contributed by atoms with E-state index < -0.39 is 0 Å². The minimum Gasteiger partial charge on any atom is -0.497 e. The highest BCUT2D eigenvalue weighted by Crippen LogP contribution is 2.17. The molecule has 0 aliphatic carbocycles. The lowest BCUT2D eigenvalue weighted by Crippen LogP contribution is -2.36. The number of hydrogen-bond acceptors (Lipinski definition) is 4. The van der Waals surface area contributed by atoms with Crippen LogP contribution in [0.4, 0.5) is 5.69 Å². The smallest absolute Gasteiger partial charge is 0.257 e. The highest BCUT2D eigenvalue weighted by atomic mass is 16.5. The van der Waals surface area contributed by atoms with Gasteiger partial charge in [-0.1, -0.05) is 0 Å². The Balaban J connectivity index is 2.04. The molecule has 22 heavy (non-hydrogen) atoms. The molecular formula is C16H17N3O3. The largest absolute Gasteiger partial charge is 0.497 e. The molecule has 6 nitrogen and oxygen atoms in total. The van der Waals surface area contributed by atoms with Crippen LogP contribution in [0.15, 0.2) is 53.5 Å². The van der Waals surface area contributed by atoms with E-state index in [0.29, 0.717) is 17.0 Å². The van der Waals surface area contributed by atoms with Crippen LogP contribution in [-0.4, -0.2) is 26.1 Å². The van der Waals surface area contributed by atoms with Crippen molar-refractivity contribution in [3.05, 3.63) is 54.1 Å². The van der Waals surface area contributed by atoms with Crippen molar-refractivity contribution in [2.24, 2.45) is 10.7 Å². The Bertz CT molecular complexity index is 664. The number of benzene rings is 2. The van der Waals surface area contributed by atoms with Crippen molar-refractivity contribution < 1.29 is 14.3 Å². The van der Waals surface area contributed by atoms with Crippen molar-refractivity contribution >= 4 is 17.6 Å². The van der Waals surface area contributed by atoms with Crippen LogP contribution in [-0.2, 0) is 0 Å². The average molecular weight is 299 g/mol. The second-order valence-corrected chi connectivity index (χ2v) is 4.38. The Labute approximate surface area is 128 Å².